The molecule has 0 fully saturated rings. The molecule has 0 aromatic heterocycles. The number of hydrogen-bond acceptors (Lipinski definition) is 3. The Hall–Kier alpha value is -2.01. The fraction of sp³-hybridized carbons (Fsp3) is 0.0714. The van der Waals surface area contributed by atoms with Gasteiger partial charge in [-0.15, -0.1) is 11.8 Å². The molecule has 0 aliphatic carbocycles. The van der Waals surface area contributed by atoms with Crippen molar-refractivity contribution in [2.24, 2.45) is 0 Å². The quantitative estimate of drug-likeness (QED) is 0.664. The van der Waals surface area contributed by atoms with Crippen molar-refractivity contribution in [1.29, 1.82) is 0 Å². The summed E-state index contributed by atoms with van der Waals surface area (Å²) in [7, 11) is 0. The topological polar surface area (TPSA) is 63.3 Å². The van der Waals surface area contributed by atoms with E-state index in [1.807, 2.05) is 0 Å². The Balaban J connectivity index is 2.17. The summed E-state index contributed by atoms with van der Waals surface area (Å²) in [5.41, 5.74) is 7.05. The molecule has 0 saturated carbocycles. The second-order valence-corrected chi connectivity index (χ2v) is 4.95. The van der Waals surface area contributed by atoms with Crippen molar-refractivity contribution in [1.82, 2.24) is 0 Å². The molecule has 0 aliphatic rings. The summed E-state index contributed by atoms with van der Waals surface area (Å²) in [5.74, 6) is -0.866. The number of nitrogen functional groups attached to an aromatic ring is 1. The second-order valence-electron chi connectivity index (χ2n) is 3.93. The highest BCUT2D eigenvalue weighted by Crippen LogP contribution is 2.29. The number of nitrogens with two attached hydrogens (primary N) is 1. The van der Waals surface area contributed by atoms with E-state index in [2.05, 4.69) is 0 Å². The molecule has 2 aromatic carbocycles. The smallest absolute Gasteiger partial charge is 0.335 e. The van der Waals surface area contributed by atoms with Gasteiger partial charge < -0.3 is 10.8 Å². The summed E-state index contributed by atoms with van der Waals surface area (Å²) in [6.07, 6.45) is 0. The van der Waals surface area contributed by atoms with Gasteiger partial charge in [0.25, 0.3) is 0 Å². The number of carbonyl (C=O) groups is 1. The van der Waals surface area contributed by atoms with E-state index in [0.29, 0.717) is 17.0 Å². The number of halogens is 1. The highest BCUT2D eigenvalue weighted by molar-refractivity contribution is 7.98. The molecule has 3 N–H and O–H groups in total. The molecule has 0 saturated heterocycles. The summed E-state index contributed by atoms with van der Waals surface area (Å²) in [5, 5.41) is 9.07. The maximum Gasteiger partial charge on any atom is 0.335 e. The summed E-state index contributed by atoms with van der Waals surface area (Å²) in [6, 6.07) is 11.0. The van der Waals surface area contributed by atoms with Crippen LogP contribution in [0.5, 0.6) is 0 Å². The zero-order chi connectivity index (χ0) is 13.8. The van der Waals surface area contributed by atoms with Gasteiger partial charge >= 0.3 is 5.97 Å². The zero-order valence-electron chi connectivity index (χ0n) is 9.97. The van der Waals surface area contributed by atoms with Gasteiger partial charge in [-0.1, -0.05) is 18.2 Å². The Morgan fingerprint density at radius 1 is 1.26 bits per heavy atom. The fourth-order valence-corrected chi connectivity index (χ4v) is 2.61. The van der Waals surface area contributed by atoms with Gasteiger partial charge in [-0.3, -0.25) is 0 Å². The van der Waals surface area contributed by atoms with Gasteiger partial charge in [-0.25, -0.2) is 9.18 Å². The first kappa shape index (κ1) is 13.4. The lowest BCUT2D eigenvalue weighted by Crippen LogP contribution is -2.01. The molecule has 0 heterocycles. The molecule has 0 aliphatic heterocycles. The molecule has 0 unspecified atom stereocenters. The molecule has 98 valence electrons. The van der Waals surface area contributed by atoms with Crippen LogP contribution < -0.4 is 5.73 Å². The van der Waals surface area contributed by atoms with E-state index in [1.54, 1.807) is 30.3 Å². The van der Waals surface area contributed by atoms with Crippen LogP contribution in [0.4, 0.5) is 10.1 Å². The molecule has 2 aromatic rings. The first-order valence-electron chi connectivity index (χ1n) is 5.57. The molecule has 0 atom stereocenters. The Morgan fingerprint density at radius 3 is 2.68 bits per heavy atom. The van der Waals surface area contributed by atoms with E-state index >= 15 is 0 Å². The van der Waals surface area contributed by atoms with E-state index in [4.69, 9.17) is 10.8 Å². The molecular formula is C14H12FNO2S. The average molecular weight is 277 g/mol. The summed E-state index contributed by atoms with van der Waals surface area (Å²) in [4.78, 5) is 11.8. The standard InChI is InChI=1S/C14H12FNO2S/c15-10-5-6-13(12(16)7-10)19-8-9-3-1-2-4-11(9)14(17)18/h1-7H,8,16H2,(H,17,18). The van der Waals surface area contributed by atoms with Crippen LogP contribution in [0.15, 0.2) is 47.4 Å². The molecule has 3 nitrogen and oxygen atoms in total. The molecule has 0 radical (unpaired) electrons. The van der Waals surface area contributed by atoms with Gasteiger partial charge in [-0.05, 0) is 29.8 Å². The number of carboxylic acids is 1. The summed E-state index contributed by atoms with van der Waals surface area (Å²) >= 11 is 1.39. The predicted octanol–water partition coefficient (Wildman–Crippen LogP) is 3.40. The van der Waals surface area contributed by atoms with Crippen molar-refractivity contribution < 1.29 is 14.3 Å². The summed E-state index contributed by atoms with van der Waals surface area (Å²) < 4.78 is 12.9. The van der Waals surface area contributed by atoms with Crippen molar-refractivity contribution >= 4 is 23.4 Å². The van der Waals surface area contributed by atoms with Crippen LogP contribution in [0.1, 0.15) is 15.9 Å². The number of hydrogen-bond donors (Lipinski definition) is 2. The Bertz CT molecular complexity index is 616. The van der Waals surface area contributed by atoms with Crippen LogP contribution >= 0.6 is 11.8 Å². The highest BCUT2D eigenvalue weighted by Gasteiger charge is 2.10. The van der Waals surface area contributed by atoms with Crippen LogP contribution in [-0.2, 0) is 5.75 Å². The minimum absolute atomic E-state index is 0.274. The fourth-order valence-electron chi connectivity index (χ4n) is 1.66. The van der Waals surface area contributed by atoms with Crippen LogP contribution in [0, 0.1) is 5.82 Å². The van der Waals surface area contributed by atoms with Crippen LogP contribution in [-0.4, -0.2) is 11.1 Å². The van der Waals surface area contributed by atoms with Gasteiger partial charge in [0.1, 0.15) is 5.82 Å². The maximum atomic E-state index is 12.9. The summed E-state index contributed by atoms with van der Waals surface area (Å²) in [6.45, 7) is 0. The molecule has 0 amide bonds. The Morgan fingerprint density at radius 2 is 2.00 bits per heavy atom. The monoisotopic (exact) mass is 277 g/mol. The molecule has 19 heavy (non-hydrogen) atoms. The number of aromatic carboxylic acids is 1. The van der Waals surface area contributed by atoms with E-state index in [-0.39, 0.29) is 11.4 Å². The SMILES string of the molecule is Nc1cc(F)ccc1SCc1ccccc1C(=O)O. The van der Waals surface area contributed by atoms with Crippen molar-refractivity contribution in [3.63, 3.8) is 0 Å². The van der Waals surface area contributed by atoms with Gasteiger partial charge in [0, 0.05) is 16.3 Å². The second kappa shape index (κ2) is 5.75. The van der Waals surface area contributed by atoms with Crippen molar-refractivity contribution in [3.05, 3.63) is 59.4 Å². The first-order valence-corrected chi connectivity index (χ1v) is 6.55. The van der Waals surface area contributed by atoms with Gasteiger partial charge in [0.15, 0.2) is 0 Å². The van der Waals surface area contributed by atoms with Crippen LogP contribution in [0.2, 0.25) is 0 Å². The zero-order valence-corrected chi connectivity index (χ0v) is 10.8. The normalized spacial score (nSPS) is 10.4. The Kier molecular flexibility index (Phi) is 4.06. The molecule has 0 bridgehead atoms. The van der Waals surface area contributed by atoms with Gasteiger partial charge in [0.2, 0.25) is 0 Å². The highest BCUT2D eigenvalue weighted by atomic mass is 32.2. The lowest BCUT2D eigenvalue weighted by atomic mass is 10.1. The van der Waals surface area contributed by atoms with Gasteiger partial charge in [0.05, 0.1) is 5.56 Å². The third-order valence-electron chi connectivity index (χ3n) is 2.60. The minimum atomic E-state index is -0.955. The number of thioether (sulfide) groups is 1. The molecule has 0 spiro atoms. The van der Waals surface area contributed by atoms with Gasteiger partial charge in [-0.2, -0.15) is 0 Å². The number of rotatable bonds is 4. The number of benzene rings is 2. The van der Waals surface area contributed by atoms with E-state index in [9.17, 15) is 9.18 Å². The number of carboxylic acid groups (broad SMARTS) is 1. The van der Waals surface area contributed by atoms with Crippen molar-refractivity contribution in [2.45, 2.75) is 10.6 Å². The maximum absolute atomic E-state index is 12.9. The predicted molar refractivity (Wildman–Crippen MR) is 73.8 cm³/mol. The third-order valence-corrected chi connectivity index (χ3v) is 3.74. The van der Waals surface area contributed by atoms with Crippen molar-refractivity contribution in [2.75, 3.05) is 5.73 Å². The van der Waals surface area contributed by atoms with E-state index < -0.39 is 5.97 Å². The largest absolute Gasteiger partial charge is 0.478 e. The van der Waals surface area contributed by atoms with E-state index in [1.165, 1.54) is 23.9 Å². The first-order chi connectivity index (χ1) is 9.08. The Labute approximate surface area is 114 Å². The molecular weight excluding hydrogens is 265 g/mol. The minimum Gasteiger partial charge on any atom is -0.478 e. The lowest BCUT2D eigenvalue weighted by Gasteiger charge is -2.07. The van der Waals surface area contributed by atoms with E-state index in [0.717, 1.165) is 4.90 Å². The van der Waals surface area contributed by atoms with Crippen molar-refractivity contribution in [3.8, 4) is 0 Å². The lowest BCUT2D eigenvalue weighted by molar-refractivity contribution is 0.0696. The van der Waals surface area contributed by atoms with Crippen LogP contribution in [0.3, 0.4) is 0 Å². The van der Waals surface area contributed by atoms with Crippen LogP contribution in [0.25, 0.3) is 0 Å². The molecule has 2 rings (SSSR count). The third kappa shape index (κ3) is 3.26. The molecule has 5 heteroatoms. The average Bonchev–Trinajstić information content (AvgIpc) is 2.38. The number of anilines is 1.